The van der Waals surface area contributed by atoms with Crippen molar-refractivity contribution in [2.45, 2.75) is 26.4 Å². The topological polar surface area (TPSA) is 33.1 Å². The van der Waals surface area contributed by atoms with Crippen molar-refractivity contribution >= 4 is 0 Å². The summed E-state index contributed by atoms with van der Waals surface area (Å²) < 4.78 is 0. The number of aliphatic hydroxyl groups excluding tert-OH is 1. The Bertz CT molecular complexity index is 508. The molecular weight excluding hydrogens is 210 g/mol. The minimum atomic E-state index is -0.633. The zero-order chi connectivity index (χ0) is 12.3. The van der Waals surface area contributed by atoms with E-state index < -0.39 is 6.10 Å². The molecule has 1 unspecified atom stereocenters. The van der Waals surface area contributed by atoms with Crippen LogP contribution in [0.5, 0.6) is 0 Å². The molecule has 0 aliphatic rings. The molecule has 88 valence electrons. The highest BCUT2D eigenvalue weighted by Crippen LogP contribution is 2.23. The van der Waals surface area contributed by atoms with Crippen LogP contribution in [0.1, 0.15) is 35.4 Å². The molecule has 0 amide bonds. The third-order valence-corrected chi connectivity index (χ3v) is 2.92. The van der Waals surface area contributed by atoms with Gasteiger partial charge in [0.05, 0.1) is 5.69 Å². The molecule has 1 heterocycles. The van der Waals surface area contributed by atoms with Gasteiger partial charge < -0.3 is 5.11 Å². The van der Waals surface area contributed by atoms with Crippen LogP contribution in [0, 0.1) is 6.92 Å². The molecular formula is C15H17NO. The Morgan fingerprint density at radius 2 is 2.06 bits per heavy atom. The van der Waals surface area contributed by atoms with E-state index in [1.165, 1.54) is 0 Å². The predicted molar refractivity (Wildman–Crippen MR) is 68.9 cm³/mol. The van der Waals surface area contributed by atoms with Crippen molar-refractivity contribution in [1.82, 2.24) is 4.98 Å². The fourth-order valence-corrected chi connectivity index (χ4v) is 1.99. The lowest BCUT2D eigenvalue weighted by atomic mass is 9.99. The molecule has 0 bridgehead atoms. The lowest BCUT2D eigenvalue weighted by Crippen LogP contribution is -2.06. The molecule has 0 saturated carbocycles. The van der Waals surface area contributed by atoms with Crippen LogP contribution in [-0.2, 0) is 6.42 Å². The molecule has 0 aliphatic carbocycles. The Hall–Kier alpha value is -1.67. The van der Waals surface area contributed by atoms with Crippen LogP contribution in [0.3, 0.4) is 0 Å². The van der Waals surface area contributed by atoms with Crippen LogP contribution in [0.25, 0.3) is 0 Å². The maximum absolute atomic E-state index is 10.4. The molecule has 2 nitrogen and oxygen atoms in total. The van der Waals surface area contributed by atoms with Gasteiger partial charge in [0.2, 0.25) is 0 Å². The van der Waals surface area contributed by atoms with E-state index >= 15 is 0 Å². The number of hydrogen-bond donors (Lipinski definition) is 1. The van der Waals surface area contributed by atoms with Gasteiger partial charge in [-0.25, -0.2) is 0 Å². The van der Waals surface area contributed by atoms with Gasteiger partial charge in [-0.05, 0) is 30.5 Å². The van der Waals surface area contributed by atoms with Gasteiger partial charge >= 0.3 is 0 Å². The standard InChI is InChI=1S/C15H17NO/c1-3-12-8-5-9-16-14(12)15(17)13-7-4-6-11(2)10-13/h4-10,15,17H,3H2,1-2H3. The first-order valence-electron chi connectivity index (χ1n) is 5.90. The van der Waals surface area contributed by atoms with Gasteiger partial charge in [0, 0.05) is 6.20 Å². The SMILES string of the molecule is CCc1cccnc1C(O)c1cccc(C)c1. The first-order chi connectivity index (χ1) is 8.22. The second-order valence-corrected chi connectivity index (χ2v) is 4.22. The summed E-state index contributed by atoms with van der Waals surface area (Å²) in [7, 11) is 0. The summed E-state index contributed by atoms with van der Waals surface area (Å²) in [6.07, 6.45) is 1.98. The number of pyridine rings is 1. The van der Waals surface area contributed by atoms with Crippen molar-refractivity contribution in [2.24, 2.45) is 0 Å². The monoisotopic (exact) mass is 227 g/mol. The zero-order valence-electron chi connectivity index (χ0n) is 10.2. The number of aryl methyl sites for hydroxylation is 2. The van der Waals surface area contributed by atoms with Gasteiger partial charge in [-0.1, -0.05) is 42.8 Å². The zero-order valence-corrected chi connectivity index (χ0v) is 10.2. The minimum Gasteiger partial charge on any atom is -0.382 e. The lowest BCUT2D eigenvalue weighted by molar-refractivity contribution is 0.214. The van der Waals surface area contributed by atoms with Crippen LogP contribution in [-0.4, -0.2) is 10.1 Å². The summed E-state index contributed by atoms with van der Waals surface area (Å²) in [6, 6.07) is 11.8. The maximum atomic E-state index is 10.4. The minimum absolute atomic E-state index is 0.633. The maximum Gasteiger partial charge on any atom is 0.121 e. The smallest absolute Gasteiger partial charge is 0.121 e. The van der Waals surface area contributed by atoms with Crippen LogP contribution in [0.4, 0.5) is 0 Å². The van der Waals surface area contributed by atoms with E-state index in [0.29, 0.717) is 0 Å². The van der Waals surface area contributed by atoms with Gasteiger partial charge in [0.15, 0.2) is 0 Å². The van der Waals surface area contributed by atoms with Crippen molar-refractivity contribution in [3.05, 3.63) is 65.0 Å². The molecule has 0 radical (unpaired) electrons. The van der Waals surface area contributed by atoms with Crippen molar-refractivity contribution in [1.29, 1.82) is 0 Å². The van der Waals surface area contributed by atoms with Gasteiger partial charge in [0.1, 0.15) is 6.10 Å². The number of benzene rings is 1. The van der Waals surface area contributed by atoms with E-state index in [1.54, 1.807) is 6.20 Å². The van der Waals surface area contributed by atoms with E-state index in [9.17, 15) is 5.11 Å². The predicted octanol–water partition coefficient (Wildman–Crippen LogP) is 3.03. The van der Waals surface area contributed by atoms with E-state index in [1.807, 2.05) is 43.3 Å². The van der Waals surface area contributed by atoms with Crippen LogP contribution in [0.15, 0.2) is 42.6 Å². The molecule has 1 atom stereocenters. The fourth-order valence-electron chi connectivity index (χ4n) is 1.99. The first kappa shape index (κ1) is 11.8. The van der Waals surface area contributed by atoms with Crippen LogP contribution < -0.4 is 0 Å². The van der Waals surface area contributed by atoms with Crippen molar-refractivity contribution in [2.75, 3.05) is 0 Å². The largest absolute Gasteiger partial charge is 0.382 e. The van der Waals surface area contributed by atoms with Gasteiger partial charge in [0.25, 0.3) is 0 Å². The lowest BCUT2D eigenvalue weighted by Gasteiger charge is -2.14. The number of nitrogens with zero attached hydrogens (tertiary/aromatic N) is 1. The van der Waals surface area contributed by atoms with E-state index in [-0.39, 0.29) is 0 Å². The Balaban J connectivity index is 2.40. The summed E-state index contributed by atoms with van der Waals surface area (Å²) in [5.41, 5.74) is 3.91. The van der Waals surface area contributed by atoms with Gasteiger partial charge in [-0.3, -0.25) is 4.98 Å². The molecule has 0 spiro atoms. The van der Waals surface area contributed by atoms with Gasteiger partial charge in [-0.15, -0.1) is 0 Å². The molecule has 0 saturated heterocycles. The van der Waals surface area contributed by atoms with Crippen molar-refractivity contribution in [3.63, 3.8) is 0 Å². The van der Waals surface area contributed by atoms with Crippen molar-refractivity contribution in [3.8, 4) is 0 Å². The Labute approximate surface area is 102 Å². The second kappa shape index (κ2) is 5.11. The van der Waals surface area contributed by atoms with Gasteiger partial charge in [-0.2, -0.15) is 0 Å². The third-order valence-electron chi connectivity index (χ3n) is 2.92. The Morgan fingerprint density at radius 1 is 1.24 bits per heavy atom. The summed E-state index contributed by atoms with van der Waals surface area (Å²) in [6.45, 7) is 4.10. The van der Waals surface area contributed by atoms with E-state index in [2.05, 4.69) is 11.9 Å². The molecule has 1 N–H and O–H groups in total. The van der Waals surface area contributed by atoms with Crippen LogP contribution >= 0.6 is 0 Å². The first-order valence-corrected chi connectivity index (χ1v) is 5.90. The summed E-state index contributed by atoms with van der Waals surface area (Å²) in [5, 5.41) is 10.4. The average molecular weight is 227 g/mol. The van der Waals surface area contributed by atoms with Crippen LogP contribution in [0.2, 0.25) is 0 Å². The molecule has 0 fully saturated rings. The summed E-state index contributed by atoms with van der Waals surface area (Å²) in [4.78, 5) is 4.31. The fraction of sp³-hybridized carbons (Fsp3) is 0.267. The van der Waals surface area contributed by atoms with E-state index in [0.717, 1.165) is 28.8 Å². The van der Waals surface area contributed by atoms with E-state index in [4.69, 9.17) is 0 Å². The summed E-state index contributed by atoms with van der Waals surface area (Å²) >= 11 is 0. The molecule has 2 heteroatoms. The number of aromatic nitrogens is 1. The molecule has 0 aliphatic heterocycles. The molecule has 1 aromatic heterocycles. The molecule has 2 aromatic rings. The quantitative estimate of drug-likeness (QED) is 0.874. The summed E-state index contributed by atoms with van der Waals surface area (Å²) in [5.74, 6) is 0. The normalized spacial score (nSPS) is 12.4. The number of hydrogen-bond acceptors (Lipinski definition) is 2. The molecule has 1 aromatic carbocycles. The third kappa shape index (κ3) is 2.53. The highest BCUT2D eigenvalue weighted by Gasteiger charge is 2.14. The Kier molecular flexibility index (Phi) is 3.55. The highest BCUT2D eigenvalue weighted by molar-refractivity contribution is 5.33. The average Bonchev–Trinajstić information content (AvgIpc) is 2.38. The molecule has 17 heavy (non-hydrogen) atoms. The number of rotatable bonds is 3. The molecule has 2 rings (SSSR count). The second-order valence-electron chi connectivity index (χ2n) is 4.22. The highest BCUT2D eigenvalue weighted by atomic mass is 16.3. The van der Waals surface area contributed by atoms with Crippen molar-refractivity contribution < 1.29 is 5.11 Å². The Morgan fingerprint density at radius 3 is 2.76 bits per heavy atom. The number of aliphatic hydroxyl groups is 1.